The van der Waals surface area contributed by atoms with Crippen molar-refractivity contribution in [3.8, 4) is 0 Å². The second-order valence-corrected chi connectivity index (χ2v) is 3.19. The first-order chi connectivity index (χ1) is 6.11. The highest BCUT2D eigenvalue weighted by atomic mass is 35.5. The van der Waals surface area contributed by atoms with E-state index in [9.17, 15) is 4.79 Å². The maximum Gasteiger partial charge on any atom is 0.325 e. The number of nitrogens with two attached hydrogens (primary N) is 1. The SMILES string of the molecule is C[C@H](O)[C@H](N)C(=O)O[C@H]1CCOC1.Cl. The third-order valence-electron chi connectivity index (χ3n) is 1.96. The van der Waals surface area contributed by atoms with Gasteiger partial charge in [-0.25, -0.2) is 0 Å². The second-order valence-electron chi connectivity index (χ2n) is 3.19. The molecular weight excluding hydrogens is 210 g/mol. The summed E-state index contributed by atoms with van der Waals surface area (Å²) in [6.45, 7) is 2.50. The number of esters is 1. The third kappa shape index (κ3) is 3.79. The maximum absolute atomic E-state index is 11.2. The molecule has 1 fully saturated rings. The minimum atomic E-state index is -0.958. The summed E-state index contributed by atoms with van der Waals surface area (Å²) in [7, 11) is 0. The fraction of sp³-hybridized carbons (Fsp3) is 0.875. The largest absolute Gasteiger partial charge is 0.459 e. The molecule has 3 N–H and O–H groups in total. The van der Waals surface area contributed by atoms with E-state index < -0.39 is 18.1 Å². The molecule has 0 spiro atoms. The Kier molecular flexibility index (Phi) is 6.03. The number of hydrogen-bond donors (Lipinski definition) is 2. The van der Waals surface area contributed by atoms with Gasteiger partial charge in [0.25, 0.3) is 0 Å². The molecule has 5 nitrogen and oxygen atoms in total. The highest BCUT2D eigenvalue weighted by Crippen LogP contribution is 2.09. The molecule has 6 heteroatoms. The summed E-state index contributed by atoms with van der Waals surface area (Å²) >= 11 is 0. The molecule has 1 rings (SSSR count). The Labute approximate surface area is 89.0 Å². The van der Waals surface area contributed by atoms with E-state index in [1.807, 2.05) is 0 Å². The van der Waals surface area contributed by atoms with Crippen LogP contribution in [0.5, 0.6) is 0 Å². The Bertz CT molecular complexity index is 182. The van der Waals surface area contributed by atoms with Crippen LogP contribution in [0.1, 0.15) is 13.3 Å². The molecule has 1 aliphatic heterocycles. The summed E-state index contributed by atoms with van der Waals surface area (Å²) in [6.07, 6.45) is -0.370. The molecule has 1 heterocycles. The highest BCUT2D eigenvalue weighted by Gasteiger charge is 2.25. The Hall–Kier alpha value is -0.360. The normalized spacial score (nSPS) is 24.9. The summed E-state index contributed by atoms with van der Waals surface area (Å²) in [5.74, 6) is -0.564. The monoisotopic (exact) mass is 225 g/mol. The molecule has 0 saturated carbocycles. The van der Waals surface area contributed by atoms with Crippen molar-refractivity contribution in [1.82, 2.24) is 0 Å². The average Bonchev–Trinajstić information content (AvgIpc) is 2.55. The van der Waals surface area contributed by atoms with Crippen LogP contribution in [0, 0.1) is 0 Å². The fourth-order valence-electron chi connectivity index (χ4n) is 1.05. The number of aliphatic hydroxyl groups is 1. The van der Waals surface area contributed by atoms with Gasteiger partial charge in [0.2, 0.25) is 0 Å². The lowest BCUT2D eigenvalue weighted by Gasteiger charge is -2.16. The summed E-state index contributed by atoms with van der Waals surface area (Å²) in [5, 5.41) is 9.01. The lowest BCUT2D eigenvalue weighted by Crippen LogP contribution is -2.42. The number of rotatable bonds is 3. The maximum atomic E-state index is 11.2. The number of carbonyl (C=O) groups excluding carboxylic acids is 1. The van der Waals surface area contributed by atoms with Gasteiger partial charge in [0, 0.05) is 6.42 Å². The van der Waals surface area contributed by atoms with Gasteiger partial charge in [-0.2, -0.15) is 0 Å². The number of carbonyl (C=O) groups is 1. The molecule has 0 aliphatic carbocycles. The molecule has 3 atom stereocenters. The zero-order chi connectivity index (χ0) is 9.84. The summed E-state index contributed by atoms with van der Waals surface area (Å²) in [6, 6.07) is -0.958. The van der Waals surface area contributed by atoms with Gasteiger partial charge in [0.15, 0.2) is 0 Å². The quantitative estimate of drug-likeness (QED) is 0.630. The number of hydrogen-bond acceptors (Lipinski definition) is 5. The van der Waals surface area contributed by atoms with Gasteiger partial charge < -0.3 is 20.3 Å². The van der Waals surface area contributed by atoms with Gasteiger partial charge in [-0.3, -0.25) is 4.79 Å². The van der Waals surface area contributed by atoms with Crippen LogP contribution in [0.15, 0.2) is 0 Å². The smallest absolute Gasteiger partial charge is 0.325 e. The van der Waals surface area contributed by atoms with Crippen LogP contribution in [0.4, 0.5) is 0 Å². The van der Waals surface area contributed by atoms with Crippen LogP contribution in [0.3, 0.4) is 0 Å². The van der Waals surface area contributed by atoms with Gasteiger partial charge in [0.05, 0.1) is 19.3 Å². The van der Waals surface area contributed by atoms with Crippen molar-refractivity contribution in [2.75, 3.05) is 13.2 Å². The van der Waals surface area contributed by atoms with Gasteiger partial charge in [0.1, 0.15) is 12.1 Å². The molecule has 0 amide bonds. The molecular formula is C8H16ClNO4. The lowest BCUT2D eigenvalue weighted by atomic mass is 10.2. The lowest BCUT2D eigenvalue weighted by molar-refractivity contribution is -0.153. The molecule has 0 bridgehead atoms. The van der Waals surface area contributed by atoms with Crippen molar-refractivity contribution < 1.29 is 19.4 Å². The van der Waals surface area contributed by atoms with Gasteiger partial charge in [-0.05, 0) is 6.92 Å². The van der Waals surface area contributed by atoms with Crippen LogP contribution in [-0.2, 0) is 14.3 Å². The van der Waals surface area contributed by atoms with Crippen molar-refractivity contribution in [2.45, 2.75) is 31.6 Å². The molecule has 0 aromatic heterocycles. The van der Waals surface area contributed by atoms with Crippen molar-refractivity contribution >= 4 is 18.4 Å². The molecule has 0 aromatic rings. The standard InChI is InChI=1S/C8H15NO4.ClH/c1-5(10)7(9)8(11)13-6-2-3-12-4-6;/h5-7,10H,2-4,9H2,1H3;1H/t5-,6-,7-;/m0./s1. The number of ether oxygens (including phenoxy) is 2. The van der Waals surface area contributed by atoms with E-state index in [1.54, 1.807) is 0 Å². The van der Waals surface area contributed by atoms with E-state index in [2.05, 4.69) is 0 Å². The Morgan fingerprint density at radius 1 is 1.71 bits per heavy atom. The van der Waals surface area contributed by atoms with Gasteiger partial charge in [-0.1, -0.05) is 0 Å². The van der Waals surface area contributed by atoms with Crippen LogP contribution < -0.4 is 5.73 Å². The van der Waals surface area contributed by atoms with E-state index >= 15 is 0 Å². The second kappa shape index (κ2) is 6.19. The van der Waals surface area contributed by atoms with E-state index in [0.29, 0.717) is 19.6 Å². The minimum Gasteiger partial charge on any atom is -0.459 e. The molecule has 1 saturated heterocycles. The molecule has 84 valence electrons. The van der Waals surface area contributed by atoms with Crippen LogP contribution >= 0.6 is 12.4 Å². The van der Waals surface area contributed by atoms with E-state index in [4.69, 9.17) is 20.3 Å². The first kappa shape index (κ1) is 13.6. The number of aliphatic hydroxyl groups excluding tert-OH is 1. The molecule has 14 heavy (non-hydrogen) atoms. The fourth-order valence-corrected chi connectivity index (χ4v) is 1.05. The zero-order valence-corrected chi connectivity index (χ0v) is 8.83. The van der Waals surface area contributed by atoms with Crippen molar-refractivity contribution in [2.24, 2.45) is 5.73 Å². The summed E-state index contributed by atoms with van der Waals surface area (Å²) < 4.78 is 10.0. The number of halogens is 1. The van der Waals surface area contributed by atoms with Crippen molar-refractivity contribution in [1.29, 1.82) is 0 Å². The van der Waals surface area contributed by atoms with Crippen LogP contribution in [0.25, 0.3) is 0 Å². The van der Waals surface area contributed by atoms with Crippen molar-refractivity contribution in [3.63, 3.8) is 0 Å². The molecule has 0 aromatic carbocycles. The van der Waals surface area contributed by atoms with E-state index in [0.717, 1.165) is 0 Å². The van der Waals surface area contributed by atoms with E-state index in [-0.39, 0.29) is 18.5 Å². The van der Waals surface area contributed by atoms with E-state index in [1.165, 1.54) is 6.92 Å². The average molecular weight is 226 g/mol. The predicted molar refractivity (Wildman–Crippen MR) is 52.2 cm³/mol. The summed E-state index contributed by atoms with van der Waals surface area (Å²) in [5.41, 5.74) is 5.37. The molecule has 1 aliphatic rings. The first-order valence-electron chi connectivity index (χ1n) is 4.33. The first-order valence-corrected chi connectivity index (χ1v) is 4.33. The third-order valence-corrected chi connectivity index (χ3v) is 1.96. The molecule has 0 unspecified atom stereocenters. The Morgan fingerprint density at radius 3 is 2.79 bits per heavy atom. The van der Waals surface area contributed by atoms with Crippen LogP contribution in [0.2, 0.25) is 0 Å². The van der Waals surface area contributed by atoms with Crippen molar-refractivity contribution in [3.05, 3.63) is 0 Å². The summed E-state index contributed by atoms with van der Waals surface area (Å²) in [4.78, 5) is 11.2. The predicted octanol–water partition coefficient (Wildman–Crippen LogP) is -0.552. The van der Waals surface area contributed by atoms with Gasteiger partial charge >= 0.3 is 5.97 Å². The van der Waals surface area contributed by atoms with Gasteiger partial charge in [-0.15, -0.1) is 12.4 Å². The molecule has 0 radical (unpaired) electrons. The topological polar surface area (TPSA) is 81.8 Å². The van der Waals surface area contributed by atoms with Crippen LogP contribution in [-0.4, -0.2) is 42.5 Å². The minimum absolute atomic E-state index is 0. The highest BCUT2D eigenvalue weighted by molar-refractivity contribution is 5.85. The Morgan fingerprint density at radius 2 is 2.36 bits per heavy atom. The zero-order valence-electron chi connectivity index (χ0n) is 8.01. The Balaban J connectivity index is 0.00000169.